The van der Waals surface area contributed by atoms with Crippen molar-refractivity contribution in [1.29, 1.82) is 0 Å². The molecule has 0 unspecified atom stereocenters. The van der Waals surface area contributed by atoms with Crippen LogP contribution in [0.1, 0.15) is 91.9 Å². The lowest BCUT2D eigenvalue weighted by atomic mass is 10.1. The first-order chi connectivity index (χ1) is 12.2. The summed E-state index contributed by atoms with van der Waals surface area (Å²) in [7, 11) is 0. The molecule has 0 fully saturated rings. The summed E-state index contributed by atoms with van der Waals surface area (Å²) < 4.78 is 0. The number of hydrogen-bond donors (Lipinski definition) is 0. The zero-order chi connectivity index (χ0) is 18.4. The van der Waals surface area contributed by atoms with E-state index in [1.807, 2.05) is 0 Å². The van der Waals surface area contributed by atoms with E-state index in [2.05, 4.69) is 49.8 Å². The number of unbranched alkanes of at least 4 members (excludes halogenated alkanes) is 9. The van der Waals surface area contributed by atoms with Gasteiger partial charge in [-0.3, -0.25) is 9.74 Å². The minimum atomic E-state index is 0.164. The lowest BCUT2D eigenvalue weighted by Crippen LogP contribution is -2.47. The predicted octanol–water partition coefficient (Wildman–Crippen LogP) is 5.81. The van der Waals surface area contributed by atoms with Crippen molar-refractivity contribution in [1.82, 2.24) is 9.96 Å². The van der Waals surface area contributed by atoms with Gasteiger partial charge in [0.2, 0.25) is 0 Å². The van der Waals surface area contributed by atoms with Crippen molar-refractivity contribution in [3.63, 3.8) is 0 Å². The Morgan fingerprint density at radius 3 is 1.64 bits per heavy atom. The normalized spacial score (nSPS) is 15.4. The van der Waals surface area contributed by atoms with E-state index >= 15 is 0 Å². The Morgan fingerprint density at radius 2 is 1.20 bits per heavy atom. The number of rotatable bonds is 18. The highest BCUT2D eigenvalue weighted by Gasteiger charge is 2.40. The van der Waals surface area contributed by atoms with Gasteiger partial charge in [0.05, 0.1) is 12.1 Å². The Kier molecular flexibility index (Phi) is 12.5. The van der Waals surface area contributed by atoms with E-state index in [4.69, 9.17) is 4.84 Å². The highest BCUT2D eigenvalue weighted by atomic mass is 16.7. The minimum absolute atomic E-state index is 0.164. The largest absolute Gasteiger partial charge is 0.299 e. The van der Waals surface area contributed by atoms with Crippen molar-refractivity contribution in [2.45, 2.75) is 97.4 Å². The van der Waals surface area contributed by atoms with Crippen LogP contribution >= 0.6 is 0 Å². The Morgan fingerprint density at radius 1 is 0.680 bits per heavy atom. The van der Waals surface area contributed by atoms with Gasteiger partial charge in [0.15, 0.2) is 0 Å². The predicted molar refractivity (Wildman–Crippen MR) is 110 cm³/mol. The zero-order valence-electron chi connectivity index (χ0n) is 17.6. The van der Waals surface area contributed by atoms with Crippen LogP contribution in [-0.4, -0.2) is 48.3 Å². The average Bonchev–Trinajstić information content (AvgIpc) is 3.40. The molecular formula is C22H44N2O. The second kappa shape index (κ2) is 13.8. The van der Waals surface area contributed by atoms with E-state index < -0.39 is 0 Å². The molecular weight excluding hydrogens is 308 g/mol. The molecule has 1 aliphatic rings. The lowest BCUT2D eigenvalue weighted by Gasteiger charge is -2.34. The molecule has 0 N–H and O–H groups in total. The second-order valence-corrected chi connectivity index (χ2v) is 7.47. The molecule has 0 aromatic rings. The smallest absolute Gasteiger partial charge is 0.0729 e. The molecule has 0 aromatic carbocycles. The first-order valence-corrected chi connectivity index (χ1v) is 11.1. The van der Waals surface area contributed by atoms with Gasteiger partial charge in [-0.15, -0.1) is 0 Å². The van der Waals surface area contributed by atoms with Crippen LogP contribution in [0.15, 0.2) is 12.2 Å². The molecule has 148 valence electrons. The highest BCUT2D eigenvalue weighted by Crippen LogP contribution is 2.32. The fraction of sp³-hybridized carbons (Fsp3) is 0.909. The molecule has 0 amide bonds. The van der Waals surface area contributed by atoms with Crippen LogP contribution in [0.25, 0.3) is 0 Å². The van der Waals surface area contributed by atoms with E-state index in [0.717, 1.165) is 32.8 Å². The maximum absolute atomic E-state index is 6.04. The molecule has 0 atom stereocenters. The molecule has 0 aliphatic heterocycles. The lowest BCUT2D eigenvalue weighted by molar-refractivity contribution is -0.167. The third-order valence-electron chi connectivity index (χ3n) is 5.46. The van der Waals surface area contributed by atoms with Crippen LogP contribution < -0.4 is 0 Å². The van der Waals surface area contributed by atoms with Gasteiger partial charge in [-0.05, 0) is 19.5 Å². The van der Waals surface area contributed by atoms with E-state index in [1.165, 1.54) is 64.2 Å². The summed E-state index contributed by atoms with van der Waals surface area (Å²) in [6, 6.07) is 0. The van der Waals surface area contributed by atoms with Gasteiger partial charge in [0, 0.05) is 13.1 Å². The third kappa shape index (κ3) is 9.21. The standard InChI is InChI=1S/C22H44N2O/c1-5-9-10-11-12-13-14-15-16-17-20-25-24(8-4)21-22(18-19-22)23(6-2)7-3/h18-19H,5-17,20-21H2,1-4H3. The number of hydrogen-bond acceptors (Lipinski definition) is 3. The molecule has 1 rings (SSSR count). The first kappa shape index (κ1) is 22.7. The van der Waals surface area contributed by atoms with Crippen LogP contribution in [0.3, 0.4) is 0 Å². The molecule has 0 saturated heterocycles. The molecule has 0 spiro atoms. The molecule has 1 aliphatic carbocycles. The molecule has 0 saturated carbocycles. The number of nitrogens with zero attached hydrogens (tertiary/aromatic N) is 2. The summed E-state index contributed by atoms with van der Waals surface area (Å²) in [5.41, 5.74) is 0.164. The van der Waals surface area contributed by atoms with E-state index in [9.17, 15) is 0 Å². The quantitative estimate of drug-likeness (QED) is 0.176. The van der Waals surface area contributed by atoms with Crippen molar-refractivity contribution >= 4 is 0 Å². The fourth-order valence-electron chi connectivity index (χ4n) is 3.64. The van der Waals surface area contributed by atoms with Crippen molar-refractivity contribution < 1.29 is 4.84 Å². The minimum Gasteiger partial charge on any atom is -0.299 e. The Labute approximate surface area is 157 Å². The molecule has 3 heteroatoms. The SMILES string of the molecule is CCCCCCCCCCCCON(CC)CC1(N(CC)CC)C=C1. The zero-order valence-corrected chi connectivity index (χ0v) is 17.6. The van der Waals surface area contributed by atoms with Gasteiger partial charge in [0.1, 0.15) is 0 Å². The summed E-state index contributed by atoms with van der Waals surface area (Å²) in [6.07, 6.45) is 18.4. The molecule has 0 heterocycles. The molecule has 0 aromatic heterocycles. The van der Waals surface area contributed by atoms with Gasteiger partial charge in [0.25, 0.3) is 0 Å². The van der Waals surface area contributed by atoms with Crippen molar-refractivity contribution in [3.05, 3.63) is 12.2 Å². The topological polar surface area (TPSA) is 15.7 Å². The van der Waals surface area contributed by atoms with Crippen LogP contribution in [-0.2, 0) is 4.84 Å². The van der Waals surface area contributed by atoms with Crippen molar-refractivity contribution in [2.24, 2.45) is 0 Å². The number of likely N-dealkylation sites (N-methyl/N-ethyl adjacent to an activating group) is 2. The fourth-order valence-corrected chi connectivity index (χ4v) is 3.64. The van der Waals surface area contributed by atoms with Gasteiger partial charge in [-0.1, -0.05) is 97.6 Å². The van der Waals surface area contributed by atoms with Gasteiger partial charge >= 0.3 is 0 Å². The number of hydroxylamine groups is 2. The molecule has 3 nitrogen and oxygen atoms in total. The summed E-state index contributed by atoms with van der Waals surface area (Å²) in [6.45, 7) is 14.0. The van der Waals surface area contributed by atoms with Gasteiger partial charge in [-0.25, -0.2) is 0 Å². The highest BCUT2D eigenvalue weighted by molar-refractivity contribution is 5.35. The van der Waals surface area contributed by atoms with E-state index in [-0.39, 0.29) is 5.54 Å². The Hall–Kier alpha value is -0.380. The summed E-state index contributed by atoms with van der Waals surface area (Å²) in [5, 5.41) is 2.16. The van der Waals surface area contributed by atoms with Crippen LogP contribution in [0.2, 0.25) is 0 Å². The van der Waals surface area contributed by atoms with E-state index in [1.54, 1.807) is 0 Å². The summed E-state index contributed by atoms with van der Waals surface area (Å²) in [4.78, 5) is 8.56. The Bertz CT molecular complexity index is 333. The maximum Gasteiger partial charge on any atom is 0.0729 e. The summed E-state index contributed by atoms with van der Waals surface area (Å²) in [5.74, 6) is 0. The van der Waals surface area contributed by atoms with Crippen molar-refractivity contribution in [3.8, 4) is 0 Å². The van der Waals surface area contributed by atoms with Gasteiger partial charge in [-0.2, -0.15) is 5.06 Å². The molecule has 0 bridgehead atoms. The van der Waals surface area contributed by atoms with Crippen LogP contribution in [0.5, 0.6) is 0 Å². The first-order valence-electron chi connectivity index (χ1n) is 11.1. The van der Waals surface area contributed by atoms with Crippen LogP contribution in [0, 0.1) is 0 Å². The maximum atomic E-state index is 6.04. The van der Waals surface area contributed by atoms with Gasteiger partial charge < -0.3 is 0 Å². The third-order valence-corrected chi connectivity index (χ3v) is 5.46. The molecule has 25 heavy (non-hydrogen) atoms. The molecule has 0 radical (unpaired) electrons. The van der Waals surface area contributed by atoms with Crippen LogP contribution in [0.4, 0.5) is 0 Å². The Balaban J connectivity index is 2.01. The van der Waals surface area contributed by atoms with E-state index in [0.29, 0.717) is 0 Å². The van der Waals surface area contributed by atoms with Crippen molar-refractivity contribution in [2.75, 3.05) is 32.8 Å². The summed E-state index contributed by atoms with van der Waals surface area (Å²) >= 11 is 0. The second-order valence-electron chi connectivity index (χ2n) is 7.47. The average molecular weight is 353 g/mol. The monoisotopic (exact) mass is 352 g/mol.